The molecule has 0 saturated carbocycles. The van der Waals surface area contributed by atoms with E-state index < -0.39 is 29.1 Å². The van der Waals surface area contributed by atoms with Crippen molar-refractivity contribution >= 4 is 23.1 Å². The van der Waals surface area contributed by atoms with Crippen LogP contribution >= 0.6 is 0 Å². The Morgan fingerprint density at radius 1 is 0.918 bits per heavy atom. The lowest BCUT2D eigenvalue weighted by atomic mass is 9.96. The molecule has 1 aliphatic rings. The van der Waals surface area contributed by atoms with Crippen LogP contribution in [0.3, 0.4) is 0 Å². The van der Waals surface area contributed by atoms with Gasteiger partial charge in [-0.05, 0) is 67.9 Å². The van der Waals surface area contributed by atoms with Crippen LogP contribution in [0.4, 0.5) is 30.4 Å². The van der Waals surface area contributed by atoms with E-state index in [0.717, 1.165) is 10.2 Å². The topological polar surface area (TPSA) is 130 Å². The van der Waals surface area contributed by atoms with Crippen molar-refractivity contribution in [3.63, 3.8) is 0 Å². The standard InChI is InChI=1S/C35H30F3N5O6/c1-3-47-25-12-14-27(15-13-25)49-29-17-24(43(45)46)16-28(18-29)48-26-10-8-23(9-11-26)39-34(44)31-20-33-40-30(22-6-4-21(2)5-7-22)19-32(35(36,37)38)42(33)41-31/h4-18,20,30,32,40H,3,19H2,1-2H3,(H,39,44)/t30-,32-/m0/s1. The molecule has 1 amide bonds. The number of halogens is 3. The number of nitro benzene ring substituents is 1. The second-order valence-electron chi connectivity index (χ2n) is 11.3. The Labute approximate surface area is 278 Å². The monoisotopic (exact) mass is 673 g/mol. The molecule has 5 aromatic rings. The Bertz CT molecular complexity index is 1960. The number of carbonyl (C=O) groups excluding carboxylic acids is 1. The summed E-state index contributed by atoms with van der Waals surface area (Å²) >= 11 is 0. The average Bonchev–Trinajstić information content (AvgIpc) is 3.51. The van der Waals surface area contributed by atoms with Crippen molar-refractivity contribution in [2.45, 2.75) is 38.5 Å². The van der Waals surface area contributed by atoms with Crippen LogP contribution < -0.4 is 24.8 Å². The molecule has 4 aromatic carbocycles. The number of rotatable bonds is 10. The normalized spacial score (nSPS) is 15.4. The summed E-state index contributed by atoms with van der Waals surface area (Å²) in [6.07, 6.45) is -4.87. The molecule has 49 heavy (non-hydrogen) atoms. The van der Waals surface area contributed by atoms with E-state index in [0.29, 0.717) is 35.1 Å². The molecule has 14 heteroatoms. The smallest absolute Gasteiger partial charge is 0.410 e. The van der Waals surface area contributed by atoms with Crippen LogP contribution in [0.2, 0.25) is 0 Å². The molecule has 6 rings (SSSR count). The number of alkyl halides is 3. The zero-order valence-corrected chi connectivity index (χ0v) is 26.2. The van der Waals surface area contributed by atoms with Gasteiger partial charge in [-0.15, -0.1) is 0 Å². The average molecular weight is 674 g/mol. The molecule has 0 saturated heterocycles. The predicted octanol–water partition coefficient (Wildman–Crippen LogP) is 9.00. The molecule has 252 valence electrons. The Balaban J connectivity index is 1.14. The quantitative estimate of drug-likeness (QED) is 0.111. The number of nitrogens with one attached hydrogen (secondary N) is 2. The number of amides is 1. The van der Waals surface area contributed by atoms with Crippen molar-refractivity contribution in [3.05, 3.63) is 124 Å². The highest BCUT2D eigenvalue weighted by Crippen LogP contribution is 2.44. The van der Waals surface area contributed by atoms with E-state index in [1.807, 2.05) is 26.0 Å². The Morgan fingerprint density at radius 3 is 2.08 bits per heavy atom. The van der Waals surface area contributed by atoms with E-state index >= 15 is 0 Å². The molecule has 0 bridgehead atoms. The summed E-state index contributed by atoms with van der Waals surface area (Å²) in [5.41, 5.74) is 1.55. The fourth-order valence-corrected chi connectivity index (χ4v) is 5.33. The minimum atomic E-state index is -4.59. The summed E-state index contributed by atoms with van der Waals surface area (Å²) in [6, 6.07) is 22.8. The first-order valence-corrected chi connectivity index (χ1v) is 15.2. The molecule has 2 atom stereocenters. The summed E-state index contributed by atoms with van der Waals surface area (Å²) in [6.45, 7) is 4.26. The lowest BCUT2D eigenvalue weighted by molar-refractivity contribution is -0.385. The first-order valence-electron chi connectivity index (χ1n) is 15.2. The lowest BCUT2D eigenvalue weighted by Gasteiger charge is -2.33. The van der Waals surface area contributed by atoms with Crippen LogP contribution in [0, 0.1) is 17.0 Å². The minimum absolute atomic E-state index is 0.0795. The van der Waals surface area contributed by atoms with Gasteiger partial charge in [-0.3, -0.25) is 14.9 Å². The largest absolute Gasteiger partial charge is 0.494 e. The van der Waals surface area contributed by atoms with E-state index in [1.54, 1.807) is 36.4 Å². The molecule has 2 N–H and O–H groups in total. The van der Waals surface area contributed by atoms with E-state index in [9.17, 15) is 28.1 Å². The number of anilines is 2. The van der Waals surface area contributed by atoms with Crippen LogP contribution in [0.15, 0.2) is 97.1 Å². The fraction of sp³-hybridized carbons (Fsp3) is 0.200. The molecule has 0 spiro atoms. The number of non-ortho nitro benzene ring substituents is 1. The Hall–Kier alpha value is -6.05. The van der Waals surface area contributed by atoms with E-state index in [2.05, 4.69) is 15.7 Å². The van der Waals surface area contributed by atoms with Gasteiger partial charge in [0.1, 0.15) is 34.6 Å². The molecule has 0 unspecified atom stereocenters. The number of ether oxygens (including phenoxy) is 3. The van der Waals surface area contributed by atoms with Crippen molar-refractivity contribution in [1.29, 1.82) is 0 Å². The van der Waals surface area contributed by atoms with Gasteiger partial charge < -0.3 is 24.8 Å². The second kappa shape index (κ2) is 13.6. The molecular weight excluding hydrogens is 643 g/mol. The van der Waals surface area contributed by atoms with Gasteiger partial charge in [-0.1, -0.05) is 29.8 Å². The molecule has 2 heterocycles. The first kappa shape index (κ1) is 32.9. The molecular formula is C35H30F3N5O6. The third-order valence-corrected chi connectivity index (χ3v) is 7.70. The van der Waals surface area contributed by atoms with Gasteiger partial charge in [0.25, 0.3) is 11.6 Å². The van der Waals surface area contributed by atoms with Crippen LogP contribution in [0.25, 0.3) is 0 Å². The molecule has 0 fully saturated rings. The van der Waals surface area contributed by atoms with Crippen molar-refractivity contribution in [3.8, 4) is 28.7 Å². The number of nitrogens with zero attached hydrogens (tertiary/aromatic N) is 3. The molecule has 0 radical (unpaired) electrons. The summed E-state index contributed by atoms with van der Waals surface area (Å²) in [4.78, 5) is 24.1. The summed E-state index contributed by atoms with van der Waals surface area (Å²) in [5.74, 6) is 1.06. The second-order valence-corrected chi connectivity index (χ2v) is 11.3. The third-order valence-electron chi connectivity index (χ3n) is 7.70. The number of benzene rings is 4. The van der Waals surface area contributed by atoms with Crippen molar-refractivity contribution in [1.82, 2.24) is 9.78 Å². The summed E-state index contributed by atoms with van der Waals surface area (Å²) in [5, 5.41) is 21.3. The fourth-order valence-electron chi connectivity index (χ4n) is 5.33. The van der Waals surface area contributed by atoms with Gasteiger partial charge in [0.15, 0.2) is 11.7 Å². The molecule has 11 nitrogen and oxygen atoms in total. The molecule has 1 aliphatic heterocycles. The minimum Gasteiger partial charge on any atom is -0.494 e. The maximum Gasteiger partial charge on any atom is 0.410 e. The van der Waals surface area contributed by atoms with Gasteiger partial charge >= 0.3 is 6.18 Å². The molecule has 0 aliphatic carbocycles. The van der Waals surface area contributed by atoms with Gasteiger partial charge in [0.05, 0.1) is 29.7 Å². The number of nitro groups is 1. The predicted molar refractivity (Wildman–Crippen MR) is 175 cm³/mol. The summed E-state index contributed by atoms with van der Waals surface area (Å²) in [7, 11) is 0. The van der Waals surface area contributed by atoms with E-state index in [1.165, 1.54) is 48.5 Å². The Morgan fingerprint density at radius 2 is 1.51 bits per heavy atom. The zero-order valence-electron chi connectivity index (χ0n) is 26.2. The van der Waals surface area contributed by atoms with Gasteiger partial charge in [-0.2, -0.15) is 18.3 Å². The highest BCUT2D eigenvalue weighted by molar-refractivity contribution is 6.03. The highest BCUT2D eigenvalue weighted by atomic mass is 19.4. The number of aromatic nitrogens is 2. The Kier molecular flexibility index (Phi) is 9.12. The SMILES string of the molecule is CCOc1ccc(Oc2cc(Oc3ccc(NC(=O)c4cc5n(n4)[C@H](C(F)(F)F)C[C@@H](c4ccc(C)cc4)N5)cc3)cc([N+](=O)[O-])c2)cc1. The number of carbonyl (C=O) groups is 1. The van der Waals surface area contributed by atoms with Crippen molar-refractivity contribution in [2.75, 3.05) is 17.2 Å². The first-order chi connectivity index (χ1) is 23.4. The van der Waals surface area contributed by atoms with Crippen molar-refractivity contribution in [2.24, 2.45) is 0 Å². The van der Waals surface area contributed by atoms with Crippen LogP contribution in [-0.4, -0.2) is 33.4 Å². The van der Waals surface area contributed by atoms with E-state index in [-0.39, 0.29) is 35.1 Å². The van der Waals surface area contributed by atoms with Crippen LogP contribution in [0.1, 0.15) is 47.0 Å². The van der Waals surface area contributed by atoms with Crippen molar-refractivity contribution < 1.29 is 37.1 Å². The molecule has 1 aromatic heterocycles. The maximum absolute atomic E-state index is 14.1. The van der Waals surface area contributed by atoms with Gasteiger partial charge in [0, 0.05) is 24.2 Å². The van der Waals surface area contributed by atoms with Gasteiger partial charge in [-0.25, -0.2) is 4.68 Å². The number of hydrogen-bond donors (Lipinski definition) is 2. The van der Waals surface area contributed by atoms with E-state index in [4.69, 9.17) is 14.2 Å². The number of aryl methyl sites for hydroxylation is 1. The maximum atomic E-state index is 14.1. The van der Waals surface area contributed by atoms with Crippen LogP contribution in [0.5, 0.6) is 28.7 Å². The highest BCUT2D eigenvalue weighted by Gasteiger charge is 2.46. The third kappa shape index (κ3) is 7.75. The number of fused-ring (bicyclic) bond motifs is 1. The van der Waals surface area contributed by atoms with Gasteiger partial charge in [0.2, 0.25) is 0 Å². The summed E-state index contributed by atoms with van der Waals surface area (Å²) < 4.78 is 60.2. The zero-order chi connectivity index (χ0) is 34.7. The number of hydrogen-bond acceptors (Lipinski definition) is 8. The lowest BCUT2D eigenvalue weighted by Crippen LogP contribution is -2.35. The van der Waals surface area contributed by atoms with Crippen LogP contribution in [-0.2, 0) is 0 Å².